The average molecular weight is 324 g/mol. The van der Waals surface area contributed by atoms with Crippen LogP contribution in [0.1, 0.15) is 16.7 Å². The van der Waals surface area contributed by atoms with Crippen LogP contribution in [0.2, 0.25) is 0 Å². The summed E-state index contributed by atoms with van der Waals surface area (Å²) in [5, 5.41) is 10.3. The van der Waals surface area contributed by atoms with Crippen molar-refractivity contribution < 1.29 is 4.74 Å². The number of anilines is 1. The van der Waals surface area contributed by atoms with Crippen LogP contribution in [0.5, 0.6) is 5.75 Å². The molecule has 0 bridgehead atoms. The van der Waals surface area contributed by atoms with Gasteiger partial charge >= 0.3 is 0 Å². The van der Waals surface area contributed by atoms with Crippen molar-refractivity contribution in [2.24, 2.45) is 0 Å². The molecule has 2 rings (SSSR count). The van der Waals surface area contributed by atoms with E-state index in [0.29, 0.717) is 0 Å². The first-order valence-corrected chi connectivity index (χ1v) is 6.87. The van der Waals surface area contributed by atoms with Crippen molar-refractivity contribution in [3.63, 3.8) is 0 Å². The Labute approximate surface area is 121 Å². The van der Waals surface area contributed by atoms with Gasteiger partial charge in [-0.15, -0.1) is 0 Å². The van der Waals surface area contributed by atoms with Crippen LogP contribution >= 0.6 is 15.9 Å². The van der Waals surface area contributed by atoms with Gasteiger partial charge in [0.1, 0.15) is 11.6 Å². The molecular formula is C14H18BrN3O. The number of aromatic nitrogens is 2. The number of benzene rings is 1. The summed E-state index contributed by atoms with van der Waals surface area (Å²) in [6.45, 7) is 6.23. The Morgan fingerprint density at radius 3 is 2.42 bits per heavy atom. The lowest BCUT2D eigenvalue weighted by Crippen LogP contribution is -1.99. The van der Waals surface area contributed by atoms with E-state index in [0.717, 1.165) is 38.4 Å². The minimum atomic E-state index is 0.811. The van der Waals surface area contributed by atoms with Crippen LogP contribution in [0.25, 0.3) is 11.3 Å². The van der Waals surface area contributed by atoms with E-state index in [2.05, 4.69) is 52.2 Å². The summed E-state index contributed by atoms with van der Waals surface area (Å²) in [6, 6.07) is 1.98. The van der Waals surface area contributed by atoms with Gasteiger partial charge in [0, 0.05) is 23.2 Å². The van der Waals surface area contributed by atoms with Crippen LogP contribution < -0.4 is 10.1 Å². The maximum Gasteiger partial charge on any atom is 0.148 e. The molecule has 102 valence electrons. The molecule has 2 N–H and O–H groups in total. The molecule has 0 aliphatic carbocycles. The van der Waals surface area contributed by atoms with Gasteiger partial charge in [0.2, 0.25) is 0 Å². The highest BCUT2D eigenvalue weighted by molar-refractivity contribution is 9.10. The SMILES string of the molecule is CNc1cc(-c2c(C)c(Br)c(C)c(C)c2OC)[nH]n1. The molecule has 0 radical (unpaired) electrons. The molecule has 0 fully saturated rings. The van der Waals surface area contributed by atoms with E-state index in [1.54, 1.807) is 7.11 Å². The Bertz CT molecular complexity index is 620. The molecule has 19 heavy (non-hydrogen) atoms. The largest absolute Gasteiger partial charge is 0.496 e. The van der Waals surface area contributed by atoms with Crippen LogP contribution in [0.4, 0.5) is 5.82 Å². The normalized spacial score (nSPS) is 10.6. The van der Waals surface area contributed by atoms with Crippen molar-refractivity contribution >= 4 is 21.7 Å². The van der Waals surface area contributed by atoms with Crippen LogP contribution in [-0.2, 0) is 0 Å². The van der Waals surface area contributed by atoms with Crippen LogP contribution in [0, 0.1) is 20.8 Å². The number of aromatic amines is 1. The molecule has 0 atom stereocenters. The Morgan fingerprint density at radius 2 is 1.89 bits per heavy atom. The van der Waals surface area contributed by atoms with Gasteiger partial charge in [0.15, 0.2) is 0 Å². The zero-order valence-electron chi connectivity index (χ0n) is 11.8. The van der Waals surface area contributed by atoms with Gasteiger partial charge < -0.3 is 10.1 Å². The second-order valence-corrected chi connectivity index (χ2v) is 5.31. The maximum atomic E-state index is 5.60. The predicted octanol–water partition coefficient (Wildman–Crippen LogP) is 3.81. The highest BCUT2D eigenvalue weighted by atomic mass is 79.9. The van der Waals surface area contributed by atoms with E-state index in [1.165, 1.54) is 5.56 Å². The fraction of sp³-hybridized carbons (Fsp3) is 0.357. The molecule has 0 amide bonds. The lowest BCUT2D eigenvalue weighted by Gasteiger charge is -2.17. The zero-order valence-corrected chi connectivity index (χ0v) is 13.4. The van der Waals surface area contributed by atoms with Crippen LogP contribution in [-0.4, -0.2) is 24.4 Å². The first kappa shape index (κ1) is 13.9. The molecule has 0 saturated carbocycles. The van der Waals surface area contributed by atoms with Crippen molar-refractivity contribution in [2.45, 2.75) is 20.8 Å². The van der Waals surface area contributed by atoms with Crippen molar-refractivity contribution in [3.8, 4) is 17.0 Å². The Balaban J connectivity index is 2.74. The van der Waals surface area contributed by atoms with Crippen LogP contribution in [0.15, 0.2) is 10.5 Å². The lowest BCUT2D eigenvalue weighted by molar-refractivity contribution is 0.412. The van der Waals surface area contributed by atoms with Crippen molar-refractivity contribution in [2.75, 3.05) is 19.5 Å². The van der Waals surface area contributed by atoms with Gasteiger partial charge in [-0.3, -0.25) is 5.10 Å². The highest BCUT2D eigenvalue weighted by Crippen LogP contribution is 2.41. The topological polar surface area (TPSA) is 49.9 Å². The molecule has 0 saturated heterocycles. The summed E-state index contributed by atoms with van der Waals surface area (Å²) in [7, 11) is 3.55. The molecule has 0 aliphatic rings. The van der Waals surface area contributed by atoms with Crippen molar-refractivity contribution in [3.05, 3.63) is 27.2 Å². The van der Waals surface area contributed by atoms with Gasteiger partial charge in [-0.05, 0) is 37.5 Å². The molecule has 0 spiro atoms. The fourth-order valence-electron chi connectivity index (χ4n) is 2.24. The average Bonchev–Trinajstić information content (AvgIpc) is 2.88. The number of halogens is 1. The summed E-state index contributed by atoms with van der Waals surface area (Å²) in [5.74, 6) is 1.70. The van der Waals surface area contributed by atoms with E-state index >= 15 is 0 Å². The third kappa shape index (κ3) is 2.23. The fourth-order valence-corrected chi connectivity index (χ4v) is 2.74. The van der Waals surface area contributed by atoms with Crippen molar-refractivity contribution in [1.82, 2.24) is 10.2 Å². The predicted molar refractivity (Wildman–Crippen MR) is 82.0 cm³/mol. The molecule has 1 aromatic heterocycles. The molecule has 0 unspecified atom stereocenters. The number of nitrogens with zero attached hydrogens (tertiary/aromatic N) is 1. The summed E-state index contributed by atoms with van der Waals surface area (Å²) >= 11 is 3.66. The summed E-state index contributed by atoms with van der Waals surface area (Å²) in [5.41, 5.74) is 5.47. The Morgan fingerprint density at radius 1 is 1.21 bits per heavy atom. The number of H-pyrrole nitrogens is 1. The Kier molecular flexibility index (Phi) is 3.85. The molecule has 5 heteroatoms. The van der Waals surface area contributed by atoms with Gasteiger partial charge in [-0.25, -0.2) is 0 Å². The number of hydrogen-bond acceptors (Lipinski definition) is 3. The van der Waals surface area contributed by atoms with Gasteiger partial charge in [-0.1, -0.05) is 15.9 Å². The number of methoxy groups -OCH3 is 1. The van der Waals surface area contributed by atoms with E-state index in [1.807, 2.05) is 13.1 Å². The number of rotatable bonds is 3. The third-order valence-corrected chi connectivity index (χ3v) is 4.66. The first-order valence-electron chi connectivity index (χ1n) is 6.08. The van der Waals surface area contributed by atoms with E-state index in [-0.39, 0.29) is 0 Å². The minimum Gasteiger partial charge on any atom is -0.496 e. The molecule has 1 heterocycles. The minimum absolute atomic E-state index is 0.811. The number of hydrogen-bond donors (Lipinski definition) is 2. The van der Waals surface area contributed by atoms with Gasteiger partial charge in [0.25, 0.3) is 0 Å². The quantitative estimate of drug-likeness (QED) is 0.902. The second-order valence-electron chi connectivity index (χ2n) is 4.51. The lowest BCUT2D eigenvalue weighted by atomic mass is 9.97. The summed E-state index contributed by atoms with van der Waals surface area (Å²) in [6.07, 6.45) is 0. The third-order valence-electron chi connectivity index (χ3n) is 3.47. The van der Waals surface area contributed by atoms with E-state index < -0.39 is 0 Å². The standard InChI is InChI=1S/C14H18BrN3O/c1-7-8(2)14(19-5)12(9(3)13(7)15)10-6-11(16-4)18-17-10/h6H,1-5H3,(H2,16,17,18). The molecule has 4 nitrogen and oxygen atoms in total. The zero-order chi connectivity index (χ0) is 14.2. The van der Waals surface area contributed by atoms with E-state index in [9.17, 15) is 0 Å². The first-order chi connectivity index (χ1) is 9.01. The monoisotopic (exact) mass is 323 g/mol. The maximum absolute atomic E-state index is 5.60. The number of ether oxygens (including phenoxy) is 1. The molecule has 0 aliphatic heterocycles. The van der Waals surface area contributed by atoms with E-state index in [4.69, 9.17) is 4.74 Å². The number of nitrogens with one attached hydrogen (secondary N) is 2. The van der Waals surface area contributed by atoms with Gasteiger partial charge in [-0.2, -0.15) is 5.10 Å². The molecule has 1 aromatic carbocycles. The summed E-state index contributed by atoms with van der Waals surface area (Å²) < 4.78 is 6.71. The second kappa shape index (κ2) is 5.25. The smallest absolute Gasteiger partial charge is 0.148 e. The molecule has 2 aromatic rings. The van der Waals surface area contributed by atoms with Gasteiger partial charge in [0.05, 0.1) is 12.8 Å². The molecular weight excluding hydrogens is 306 g/mol. The Hall–Kier alpha value is -1.49. The summed E-state index contributed by atoms with van der Waals surface area (Å²) in [4.78, 5) is 0. The highest BCUT2D eigenvalue weighted by Gasteiger charge is 2.19. The van der Waals surface area contributed by atoms with Crippen LogP contribution in [0.3, 0.4) is 0 Å². The van der Waals surface area contributed by atoms with Crippen molar-refractivity contribution in [1.29, 1.82) is 0 Å².